The number of H-pyrrole nitrogens is 1. The first-order chi connectivity index (χ1) is 10.5. The molecule has 22 heavy (non-hydrogen) atoms. The van der Waals surface area contributed by atoms with E-state index in [1.807, 2.05) is 18.2 Å². The Kier molecular flexibility index (Phi) is 4.65. The summed E-state index contributed by atoms with van der Waals surface area (Å²) in [6.07, 6.45) is -0.652. The third kappa shape index (κ3) is 3.03. The number of ether oxygens (including phenoxy) is 2. The van der Waals surface area contributed by atoms with E-state index in [1.165, 1.54) is 7.11 Å². The standard InChI is InChI=1S/C17H19NO4/c1-10-14(11(2)18-15(10)17(20)21-4)16(19)12(3)22-13-8-6-5-7-9-13/h5-9,12,18H,1-4H3. The van der Waals surface area contributed by atoms with Crippen LogP contribution in [0, 0.1) is 13.8 Å². The molecule has 0 aliphatic rings. The Morgan fingerprint density at radius 1 is 1.14 bits per heavy atom. The molecule has 0 saturated heterocycles. The number of ketones is 1. The van der Waals surface area contributed by atoms with E-state index in [1.54, 1.807) is 32.9 Å². The molecule has 2 aromatic rings. The van der Waals surface area contributed by atoms with E-state index in [0.717, 1.165) is 0 Å². The number of para-hydroxylation sites is 1. The number of hydrogen-bond donors (Lipinski definition) is 1. The Morgan fingerprint density at radius 2 is 1.77 bits per heavy atom. The first-order valence-corrected chi connectivity index (χ1v) is 6.99. The van der Waals surface area contributed by atoms with Gasteiger partial charge in [0.2, 0.25) is 5.78 Å². The predicted octanol–water partition coefficient (Wildman–Crippen LogP) is 3.07. The van der Waals surface area contributed by atoms with E-state index in [9.17, 15) is 9.59 Å². The third-order valence-corrected chi connectivity index (χ3v) is 3.50. The van der Waals surface area contributed by atoms with Crippen molar-refractivity contribution in [2.45, 2.75) is 26.9 Å². The Hall–Kier alpha value is -2.56. The molecule has 0 bridgehead atoms. The lowest BCUT2D eigenvalue weighted by Crippen LogP contribution is -2.25. The largest absolute Gasteiger partial charge is 0.483 e. The summed E-state index contributed by atoms with van der Waals surface area (Å²) in [7, 11) is 1.31. The molecule has 0 aliphatic carbocycles. The highest BCUT2D eigenvalue weighted by molar-refractivity contribution is 6.04. The number of nitrogens with one attached hydrogen (secondary N) is 1. The minimum atomic E-state index is -0.652. The molecule has 0 saturated carbocycles. The fourth-order valence-electron chi connectivity index (χ4n) is 2.39. The van der Waals surface area contributed by atoms with Crippen LogP contribution in [-0.2, 0) is 4.74 Å². The summed E-state index contributed by atoms with van der Waals surface area (Å²) in [5.41, 5.74) is 1.99. The first-order valence-electron chi connectivity index (χ1n) is 6.99. The zero-order valence-electron chi connectivity index (χ0n) is 13.1. The summed E-state index contributed by atoms with van der Waals surface area (Å²) in [6, 6.07) is 9.15. The lowest BCUT2D eigenvalue weighted by atomic mass is 10.0. The molecule has 1 aromatic carbocycles. The van der Waals surface area contributed by atoms with Gasteiger partial charge in [-0.2, -0.15) is 0 Å². The Morgan fingerprint density at radius 3 is 2.36 bits per heavy atom. The fraction of sp³-hybridized carbons (Fsp3) is 0.294. The van der Waals surface area contributed by atoms with Gasteiger partial charge in [0.25, 0.3) is 0 Å². The monoisotopic (exact) mass is 301 g/mol. The summed E-state index contributed by atoms with van der Waals surface area (Å²) >= 11 is 0. The number of methoxy groups -OCH3 is 1. The van der Waals surface area contributed by atoms with Gasteiger partial charge in [0, 0.05) is 11.3 Å². The van der Waals surface area contributed by atoms with Crippen LogP contribution in [0.3, 0.4) is 0 Å². The van der Waals surface area contributed by atoms with Gasteiger partial charge in [-0.05, 0) is 38.5 Å². The molecule has 2 rings (SSSR count). The molecule has 0 spiro atoms. The SMILES string of the molecule is COC(=O)c1[nH]c(C)c(C(=O)C(C)Oc2ccccc2)c1C. The second kappa shape index (κ2) is 6.47. The molecule has 0 amide bonds. The summed E-state index contributed by atoms with van der Waals surface area (Å²) < 4.78 is 10.4. The Bertz CT molecular complexity index is 688. The van der Waals surface area contributed by atoms with Gasteiger partial charge >= 0.3 is 5.97 Å². The van der Waals surface area contributed by atoms with Crippen molar-refractivity contribution < 1.29 is 19.1 Å². The third-order valence-electron chi connectivity index (χ3n) is 3.50. The second-order valence-electron chi connectivity index (χ2n) is 5.05. The van der Waals surface area contributed by atoms with Gasteiger partial charge in [0.1, 0.15) is 11.4 Å². The van der Waals surface area contributed by atoms with E-state index in [0.29, 0.717) is 28.3 Å². The fourth-order valence-corrected chi connectivity index (χ4v) is 2.39. The number of hydrogen-bond acceptors (Lipinski definition) is 4. The van der Waals surface area contributed by atoms with Crippen molar-refractivity contribution in [2.75, 3.05) is 7.11 Å². The number of esters is 1. The van der Waals surface area contributed by atoms with Gasteiger partial charge in [-0.1, -0.05) is 18.2 Å². The minimum Gasteiger partial charge on any atom is -0.483 e. The first kappa shape index (κ1) is 15.8. The zero-order chi connectivity index (χ0) is 16.3. The highest BCUT2D eigenvalue weighted by atomic mass is 16.5. The van der Waals surface area contributed by atoms with Crippen LogP contribution in [0.1, 0.15) is 39.0 Å². The summed E-state index contributed by atoms with van der Waals surface area (Å²) in [5.74, 6) is -0.0380. The van der Waals surface area contributed by atoms with Gasteiger partial charge in [-0.25, -0.2) is 4.79 Å². The van der Waals surface area contributed by atoms with Crippen molar-refractivity contribution >= 4 is 11.8 Å². The molecule has 5 nitrogen and oxygen atoms in total. The highest BCUT2D eigenvalue weighted by Gasteiger charge is 2.26. The normalized spacial score (nSPS) is 11.8. The molecule has 1 heterocycles. The summed E-state index contributed by atoms with van der Waals surface area (Å²) in [6.45, 7) is 5.17. The molecular weight excluding hydrogens is 282 g/mol. The number of benzene rings is 1. The lowest BCUT2D eigenvalue weighted by molar-refractivity contribution is 0.0594. The summed E-state index contributed by atoms with van der Waals surface area (Å²) in [5, 5.41) is 0. The van der Waals surface area contributed by atoms with Crippen LogP contribution in [0.25, 0.3) is 0 Å². The van der Waals surface area contributed by atoms with Crippen LogP contribution >= 0.6 is 0 Å². The number of aromatic amines is 1. The van der Waals surface area contributed by atoms with Crippen molar-refractivity contribution in [3.63, 3.8) is 0 Å². The Labute approximate surface area is 129 Å². The van der Waals surface area contributed by atoms with Crippen molar-refractivity contribution in [3.8, 4) is 5.75 Å². The van der Waals surface area contributed by atoms with E-state index in [4.69, 9.17) is 9.47 Å². The molecule has 0 aliphatic heterocycles. The Balaban J connectivity index is 2.26. The van der Waals surface area contributed by atoms with Gasteiger partial charge < -0.3 is 14.5 Å². The number of carbonyl (C=O) groups is 2. The van der Waals surface area contributed by atoms with E-state index in [-0.39, 0.29) is 5.78 Å². The van der Waals surface area contributed by atoms with E-state index < -0.39 is 12.1 Å². The number of aromatic nitrogens is 1. The average Bonchev–Trinajstić information content (AvgIpc) is 2.81. The molecule has 1 atom stereocenters. The van der Waals surface area contributed by atoms with Crippen LogP contribution in [0.15, 0.2) is 30.3 Å². The molecule has 1 unspecified atom stereocenters. The zero-order valence-corrected chi connectivity index (χ0v) is 13.1. The smallest absolute Gasteiger partial charge is 0.354 e. The predicted molar refractivity (Wildman–Crippen MR) is 82.5 cm³/mol. The molecule has 1 N–H and O–H groups in total. The van der Waals surface area contributed by atoms with E-state index >= 15 is 0 Å². The van der Waals surface area contributed by atoms with Crippen LogP contribution in [0.2, 0.25) is 0 Å². The molecule has 5 heteroatoms. The second-order valence-corrected chi connectivity index (χ2v) is 5.05. The van der Waals surface area contributed by atoms with Gasteiger partial charge in [0.05, 0.1) is 7.11 Å². The molecule has 116 valence electrons. The van der Waals surface area contributed by atoms with Crippen molar-refractivity contribution in [2.24, 2.45) is 0 Å². The maximum atomic E-state index is 12.6. The number of rotatable bonds is 5. The molecule has 0 fully saturated rings. The van der Waals surface area contributed by atoms with Crippen molar-refractivity contribution in [3.05, 3.63) is 52.8 Å². The van der Waals surface area contributed by atoms with Gasteiger partial charge in [0.15, 0.2) is 6.10 Å². The minimum absolute atomic E-state index is 0.176. The van der Waals surface area contributed by atoms with Gasteiger partial charge in [-0.15, -0.1) is 0 Å². The topological polar surface area (TPSA) is 68.4 Å². The molecule has 0 radical (unpaired) electrons. The summed E-state index contributed by atoms with van der Waals surface area (Å²) in [4.78, 5) is 27.2. The number of carbonyl (C=O) groups excluding carboxylic acids is 2. The molecular formula is C17H19NO4. The number of aryl methyl sites for hydroxylation is 1. The van der Waals surface area contributed by atoms with Crippen LogP contribution in [0.5, 0.6) is 5.75 Å². The average molecular weight is 301 g/mol. The molecule has 1 aromatic heterocycles. The van der Waals surface area contributed by atoms with Crippen LogP contribution in [-0.4, -0.2) is 30.0 Å². The van der Waals surface area contributed by atoms with E-state index in [2.05, 4.69) is 4.98 Å². The number of Topliss-reactive ketones (excluding diaryl/α,β-unsaturated/α-hetero) is 1. The highest BCUT2D eigenvalue weighted by Crippen LogP contribution is 2.22. The maximum absolute atomic E-state index is 12.6. The quantitative estimate of drug-likeness (QED) is 0.680. The lowest BCUT2D eigenvalue weighted by Gasteiger charge is -2.14. The van der Waals surface area contributed by atoms with Crippen LogP contribution in [0.4, 0.5) is 0 Å². The van der Waals surface area contributed by atoms with Crippen LogP contribution < -0.4 is 4.74 Å². The van der Waals surface area contributed by atoms with Crippen molar-refractivity contribution in [1.82, 2.24) is 4.98 Å². The van der Waals surface area contributed by atoms with Gasteiger partial charge in [-0.3, -0.25) is 4.79 Å². The maximum Gasteiger partial charge on any atom is 0.354 e. The van der Waals surface area contributed by atoms with Crippen molar-refractivity contribution in [1.29, 1.82) is 0 Å².